The summed E-state index contributed by atoms with van der Waals surface area (Å²) in [5, 5.41) is 8.21. The monoisotopic (exact) mass is 405 g/mol. The largest absolute Gasteiger partial charge is 0.496 e. The third-order valence-corrected chi connectivity index (χ3v) is 5.34. The van der Waals surface area contributed by atoms with Gasteiger partial charge in [0.05, 0.1) is 24.0 Å². The van der Waals surface area contributed by atoms with Crippen LogP contribution in [-0.4, -0.2) is 31.2 Å². The van der Waals surface area contributed by atoms with E-state index in [0.717, 1.165) is 35.2 Å². The van der Waals surface area contributed by atoms with Crippen molar-refractivity contribution < 1.29 is 9.53 Å². The van der Waals surface area contributed by atoms with Crippen molar-refractivity contribution in [2.24, 2.45) is 0 Å². The van der Waals surface area contributed by atoms with Gasteiger partial charge in [0.2, 0.25) is 0 Å². The molecule has 3 aromatic rings. The van der Waals surface area contributed by atoms with Crippen molar-refractivity contribution in [3.05, 3.63) is 66.2 Å². The number of amides is 1. The highest BCUT2D eigenvalue weighted by atomic mass is 32.1. The van der Waals surface area contributed by atoms with E-state index in [1.807, 2.05) is 54.6 Å². The number of methoxy groups -OCH3 is 1. The number of hydrogen-bond donors (Lipinski definition) is 2. The summed E-state index contributed by atoms with van der Waals surface area (Å²) in [5.74, 6) is 0.213. The van der Waals surface area contributed by atoms with Gasteiger partial charge < -0.3 is 15.0 Å². The molecule has 1 saturated heterocycles. The Morgan fingerprint density at radius 1 is 1.00 bits per heavy atom. The molecule has 0 spiro atoms. The maximum Gasteiger partial charge on any atom is 0.261 e. The fraction of sp³-hybridized carbons (Fsp3) is 0.217. The van der Waals surface area contributed by atoms with Crippen LogP contribution in [0.1, 0.15) is 23.2 Å². The Hall–Kier alpha value is -3.12. The average Bonchev–Trinajstić information content (AvgIpc) is 3.27. The maximum absolute atomic E-state index is 12.9. The van der Waals surface area contributed by atoms with Gasteiger partial charge in [0.25, 0.3) is 5.91 Å². The third-order valence-electron chi connectivity index (χ3n) is 5.14. The number of hydrogen-bond acceptors (Lipinski definition) is 4. The molecule has 1 fully saturated rings. The van der Waals surface area contributed by atoms with Gasteiger partial charge in [0, 0.05) is 13.1 Å². The summed E-state index contributed by atoms with van der Waals surface area (Å²) >= 11 is 5.42. The molecule has 0 unspecified atom stereocenters. The second-order valence-electron chi connectivity index (χ2n) is 7.02. The van der Waals surface area contributed by atoms with E-state index >= 15 is 0 Å². The van der Waals surface area contributed by atoms with Crippen molar-refractivity contribution in [1.82, 2.24) is 5.32 Å². The van der Waals surface area contributed by atoms with Crippen LogP contribution in [0.5, 0.6) is 5.75 Å². The Labute approximate surface area is 175 Å². The number of rotatable bonds is 4. The lowest BCUT2D eigenvalue weighted by Crippen LogP contribution is -2.35. The van der Waals surface area contributed by atoms with E-state index in [1.54, 1.807) is 7.11 Å². The van der Waals surface area contributed by atoms with Crippen LogP contribution < -0.4 is 20.3 Å². The van der Waals surface area contributed by atoms with Crippen LogP contribution in [0.4, 0.5) is 11.4 Å². The number of ether oxygens (including phenoxy) is 1. The summed E-state index contributed by atoms with van der Waals surface area (Å²) in [7, 11) is 1.56. The Bertz CT molecular complexity index is 1060. The van der Waals surface area contributed by atoms with Crippen molar-refractivity contribution in [2.45, 2.75) is 12.8 Å². The molecule has 1 amide bonds. The van der Waals surface area contributed by atoms with Crippen molar-refractivity contribution in [3.8, 4) is 5.75 Å². The number of nitrogens with zero attached hydrogens (tertiary/aromatic N) is 1. The Morgan fingerprint density at radius 3 is 2.38 bits per heavy atom. The van der Waals surface area contributed by atoms with Gasteiger partial charge >= 0.3 is 0 Å². The molecular formula is C23H23N3O2S. The Kier molecular flexibility index (Phi) is 5.62. The van der Waals surface area contributed by atoms with Gasteiger partial charge in [-0.15, -0.1) is 0 Å². The van der Waals surface area contributed by atoms with Crippen molar-refractivity contribution in [2.75, 3.05) is 30.4 Å². The number of carbonyl (C=O) groups excluding carboxylic acids is 1. The Balaban J connectivity index is 1.52. The summed E-state index contributed by atoms with van der Waals surface area (Å²) in [6.07, 6.45) is 2.38. The van der Waals surface area contributed by atoms with E-state index in [4.69, 9.17) is 17.0 Å². The van der Waals surface area contributed by atoms with Gasteiger partial charge in [0.15, 0.2) is 5.11 Å². The molecule has 0 atom stereocenters. The molecule has 3 aromatic carbocycles. The zero-order chi connectivity index (χ0) is 20.2. The van der Waals surface area contributed by atoms with E-state index in [2.05, 4.69) is 21.6 Å². The quantitative estimate of drug-likeness (QED) is 0.623. The highest BCUT2D eigenvalue weighted by molar-refractivity contribution is 7.80. The summed E-state index contributed by atoms with van der Waals surface area (Å²) in [4.78, 5) is 15.2. The van der Waals surface area contributed by atoms with Crippen LogP contribution in [0.15, 0.2) is 60.7 Å². The van der Waals surface area contributed by atoms with Gasteiger partial charge in [-0.3, -0.25) is 10.1 Å². The molecular weight excluding hydrogens is 382 g/mol. The summed E-state index contributed by atoms with van der Waals surface area (Å²) in [6.45, 7) is 2.07. The molecule has 148 valence electrons. The van der Waals surface area contributed by atoms with Crippen LogP contribution in [0, 0.1) is 0 Å². The number of nitrogens with one attached hydrogen (secondary N) is 2. The summed E-state index contributed by atoms with van der Waals surface area (Å²) < 4.78 is 5.43. The molecule has 1 aliphatic heterocycles. The van der Waals surface area contributed by atoms with E-state index in [1.165, 1.54) is 12.8 Å². The minimum atomic E-state index is -0.302. The van der Waals surface area contributed by atoms with E-state index < -0.39 is 0 Å². The van der Waals surface area contributed by atoms with Crippen LogP contribution >= 0.6 is 12.2 Å². The normalized spacial score (nSPS) is 13.3. The first-order valence-corrected chi connectivity index (χ1v) is 10.1. The van der Waals surface area contributed by atoms with E-state index in [9.17, 15) is 4.79 Å². The molecule has 0 aromatic heterocycles. The van der Waals surface area contributed by atoms with Crippen molar-refractivity contribution >= 4 is 45.4 Å². The molecule has 0 aliphatic carbocycles. The fourth-order valence-electron chi connectivity index (χ4n) is 3.70. The lowest BCUT2D eigenvalue weighted by atomic mass is 10.1. The molecule has 4 rings (SSSR count). The summed E-state index contributed by atoms with van der Waals surface area (Å²) in [6, 6.07) is 19.6. The number of carbonyl (C=O) groups is 1. The molecule has 0 radical (unpaired) electrons. The van der Waals surface area contributed by atoms with Crippen molar-refractivity contribution in [1.29, 1.82) is 0 Å². The van der Waals surface area contributed by atoms with Gasteiger partial charge in [-0.2, -0.15) is 0 Å². The highest BCUT2D eigenvalue weighted by Gasteiger charge is 2.18. The second-order valence-corrected chi connectivity index (χ2v) is 7.43. The fourth-order valence-corrected chi connectivity index (χ4v) is 3.91. The SMILES string of the molecule is COc1cc2ccccc2cc1C(=O)NC(=S)Nc1ccccc1N1CCCC1. The topological polar surface area (TPSA) is 53.6 Å². The smallest absolute Gasteiger partial charge is 0.261 e. The second kappa shape index (κ2) is 8.49. The molecule has 0 saturated carbocycles. The van der Waals surface area contributed by atoms with Gasteiger partial charge in [-0.25, -0.2) is 0 Å². The molecule has 29 heavy (non-hydrogen) atoms. The van der Waals surface area contributed by atoms with Crippen molar-refractivity contribution in [3.63, 3.8) is 0 Å². The van der Waals surface area contributed by atoms with Crippen LogP contribution in [0.25, 0.3) is 10.8 Å². The third kappa shape index (κ3) is 4.17. The van der Waals surface area contributed by atoms with Crippen LogP contribution in [0.3, 0.4) is 0 Å². The minimum Gasteiger partial charge on any atom is -0.496 e. The van der Waals surface area contributed by atoms with Gasteiger partial charge in [-0.05, 0) is 60.1 Å². The molecule has 1 aliphatic rings. The van der Waals surface area contributed by atoms with Gasteiger partial charge in [-0.1, -0.05) is 36.4 Å². The summed E-state index contributed by atoms with van der Waals surface area (Å²) in [5.41, 5.74) is 2.44. The van der Waals surface area contributed by atoms with Crippen LogP contribution in [-0.2, 0) is 0 Å². The Morgan fingerprint density at radius 2 is 1.66 bits per heavy atom. The lowest BCUT2D eigenvalue weighted by Gasteiger charge is -2.22. The molecule has 5 nitrogen and oxygen atoms in total. The predicted molar refractivity (Wildman–Crippen MR) is 122 cm³/mol. The minimum absolute atomic E-state index is 0.261. The highest BCUT2D eigenvalue weighted by Crippen LogP contribution is 2.29. The van der Waals surface area contributed by atoms with Gasteiger partial charge in [0.1, 0.15) is 5.75 Å². The number of thiocarbonyl (C=S) groups is 1. The number of fused-ring (bicyclic) bond motifs is 1. The predicted octanol–water partition coefficient (Wildman–Crippen LogP) is 4.58. The lowest BCUT2D eigenvalue weighted by molar-refractivity contribution is 0.0975. The number of para-hydroxylation sites is 2. The molecule has 0 bridgehead atoms. The van der Waals surface area contributed by atoms with Crippen LogP contribution in [0.2, 0.25) is 0 Å². The van der Waals surface area contributed by atoms with E-state index in [0.29, 0.717) is 11.3 Å². The number of benzene rings is 3. The molecule has 6 heteroatoms. The number of anilines is 2. The zero-order valence-electron chi connectivity index (χ0n) is 16.3. The first-order chi connectivity index (χ1) is 14.2. The average molecular weight is 406 g/mol. The molecule has 1 heterocycles. The zero-order valence-corrected chi connectivity index (χ0v) is 17.1. The standard InChI is InChI=1S/C23H23N3O2S/c1-28-21-15-17-9-3-2-8-16(17)14-18(21)22(27)25-23(29)24-19-10-4-5-11-20(19)26-12-6-7-13-26/h2-5,8-11,14-15H,6-7,12-13H2,1H3,(H2,24,25,27,29). The maximum atomic E-state index is 12.9. The first kappa shape index (κ1) is 19.2. The first-order valence-electron chi connectivity index (χ1n) is 9.69. The molecule has 2 N–H and O–H groups in total. The van der Waals surface area contributed by atoms with E-state index in [-0.39, 0.29) is 11.0 Å².